The minimum absolute atomic E-state index is 0.0515. The van der Waals surface area contributed by atoms with Crippen LogP contribution in [0.4, 0.5) is 0 Å². The van der Waals surface area contributed by atoms with Gasteiger partial charge in [-0.25, -0.2) is 0 Å². The predicted molar refractivity (Wildman–Crippen MR) is 93.5 cm³/mol. The molecule has 0 fully saturated rings. The van der Waals surface area contributed by atoms with Crippen LogP contribution < -0.4 is 5.32 Å². The molecule has 2 rings (SSSR count). The highest BCUT2D eigenvalue weighted by Crippen LogP contribution is 2.18. The number of carbonyl (C=O) groups is 1. The fourth-order valence-corrected chi connectivity index (χ4v) is 3.10. The molecule has 1 amide bonds. The maximum Gasteiger partial charge on any atom is 0.230 e. The van der Waals surface area contributed by atoms with Crippen LogP contribution in [0.2, 0.25) is 0 Å². The number of hydrogen-bond donors (Lipinski definition) is 1. The van der Waals surface area contributed by atoms with Crippen LogP contribution in [0.1, 0.15) is 38.1 Å². The van der Waals surface area contributed by atoms with Crippen molar-refractivity contribution in [2.75, 3.05) is 5.75 Å². The van der Waals surface area contributed by atoms with E-state index in [4.69, 9.17) is 0 Å². The highest BCUT2D eigenvalue weighted by Gasteiger charge is 2.13. The number of carbonyl (C=O) groups excluding carboxylic acids is 1. The Balaban J connectivity index is 1.97. The van der Waals surface area contributed by atoms with E-state index in [1.807, 2.05) is 29.7 Å². The van der Waals surface area contributed by atoms with Crippen LogP contribution in [0.25, 0.3) is 0 Å². The largest absolute Gasteiger partial charge is 0.353 e. The predicted octanol–water partition coefficient (Wildman–Crippen LogP) is 3.03. The van der Waals surface area contributed by atoms with E-state index < -0.39 is 0 Å². The Hall–Kier alpha value is -1.82. The highest BCUT2D eigenvalue weighted by atomic mass is 32.2. The molecule has 124 valence electrons. The number of nitrogens with zero attached hydrogens (tertiary/aromatic N) is 3. The molecule has 1 N–H and O–H groups in total. The summed E-state index contributed by atoms with van der Waals surface area (Å²) in [6.45, 7) is 6.82. The van der Waals surface area contributed by atoms with Crippen LogP contribution in [-0.2, 0) is 11.3 Å². The van der Waals surface area contributed by atoms with Gasteiger partial charge in [0.2, 0.25) is 5.91 Å². The van der Waals surface area contributed by atoms with Gasteiger partial charge in [0.25, 0.3) is 0 Å². The first-order chi connectivity index (χ1) is 11.1. The Bertz CT molecular complexity index is 623. The third-order valence-corrected chi connectivity index (χ3v) is 4.74. The summed E-state index contributed by atoms with van der Waals surface area (Å²) >= 11 is 1.44. The number of rotatable bonds is 8. The maximum atomic E-state index is 12.0. The van der Waals surface area contributed by atoms with E-state index in [1.165, 1.54) is 17.3 Å². The first kappa shape index (κ1) is 17.5. The van der Waals surface area contributed by atoms with Gasteiger partial charge in [-0.2, -0.15) is 0 Å². The monoisotopic (exact) mass is 332 g/mol. The second kappa shape index (κ2) is 8.72. The summed E-state index contributed by atoms with van der Waals surface area (Å²) in [4.78, 5) is 12.0. The second-order valence-corrected chi connectivity index (χ2v) is 6.41. The summed E-state index contributed by atoms with van der Waals surface area (Å²) < 4.78 is 2.05. The van der Waals surface area contributed by atoms with Gasteiger partial charge in [-0.05, 0) is 25.3 Å². The van der Waals surface area contributed by atoms with Gasteiger partial charge in [-0.3, -0.25) is 4.79 Å². The molecule has 0 saturated heterocycles. The molecule has 0 spiro atoms. The van der Waals surface area contributed by atoms with Gasteiger partial charge in [0, 0.05) is 6.04 Å². The van der Waals surface area contributed by atoms with Gasteiger partial charge >= 0.3 is 0 Å². The molecule has 0 radical (unpaired) electrons. The van der Waals surface area contributed by atoms with Crippen molar-refractivity contribution in [3.05, 3.63) is 41.7 Å². The van der Waals surface area contributed by atoms with Crippen molar-refractivity contribution in [2.24, 2.45) is 0 Å². The van der Waals surface area contributed by atoms with Gasteiger partial charge in [0.1, 0.15) is 5.82 Å². The van der Waals surface area contributed by atoms with Gasteiger partial charge in [0.15, 0.2) is 5.16 Å². The van der Waals surface area contributed by atoms with Crippen molar-refractivity contribution < 1.29 is 4.79 Å². The van der Waals surface area contributed by atoms with Crippen LogP contribution in [0.5, 0.6) is 0 Å². The molecule has 0 aliphatic heterocycles. The zero-order valence-corrected chi connectivity index (χ0v) is 14.8. The maximum absolute atomic E-state index is 12.0. The zero-order chi connectivity index (χ0) is 16.7. The highest BCUT2D eigenvalue weighted by molar-refractivity contribution is 7.99. The number of aryl methyl sites for hydroxylation is 1. The lowest BCUT2D eigenvalue weighted by molar-refractivity contribution is -0.119. The Morgan fingerprint density at radius 3 is 2.57 bits per heavy atom. The molecule has 0 saturated carbocycles. The van der Waals surface area contributed by atoms with Crippen molar-refractivity contribution in [1.82, 2.24) is 20.1 Å². The lowest BCUT2D eigenvalue weighted by atomic mass is 10.2. The molecule has 23 heavy (non-hydrogen) atoms. The smallest absolute Gasteiger partial charge is 0.230 e. The third kappa shape index (κ3) is 5.10. The Morgan fingerprint density at radius 2 is 1.91 bits per heavy atom. The number of nitrogens with one attached hydrogen (secondary N) is 1. The quantitative estimate of drug-likeness (QED) is 0.755. The molecule has 0 atom stereocenters. The molecular weight excluding hydrogens is 308 g/mol. The van der Waals surface area contributed by atoms with Crippen molar-refractivity contribution in [3.63, 3.8) is 0 Å². The van der Waals surface area contributed by atoms with E-state index in [0.717, 1.165) is 30.4 Å². The number of aromatic nitrogens is 3. The number of benzene rings is 1. The van der Waals surface area contributed by atoms with Gasteiger partial charge in [-0.1, -0.05) is 55.9 Å². The van der Waals surface area contributed by atoms with Gasteiger partial charge in [0.05, 0.1) is 12.3 Å². The molecule has 1 heterocycles. The van der Waals surface area contributed by atoms with E-state index >= 15 is 0 Å². The Labute approximate surface area is 141 Å². The number of hydrogen-bond acceptors (Lipinski definition) is 4. The molecule has 0 unspecified atom stereocenters. The van der Waals surface area contributed by atoms with E-state index in [1.54, 1.807) is 0 Å². The lowest BCUT2D eigenvalue weighted by Crippen LogP contribution is -2.35. The molecule has 2 aromatic rings. The van der Waals surface area contributed by atoms with Crippen LogP contribution in [-0.4, -0.2) is 32.5 Å². The first-order valence-corrected chi connectivity index (χ1v) is 8.98. The summed E-state index contributed by atoms with van der Waals surface area (Å²) in [6.07, 6.45) is 1.91. The minimum atomic E-state index is 0.0515. The van der Waals surface area contributed by atoms with Crippen molar-refractivity contribution in [2.45, 2.75) is 51.4 Å². The SMILES string of the molecule is CCC(CC)NC(=O)CSc1nnc(C)n1Cc1ccccc1. The normalized spacial score (nSPS) is 11.0. The van der Waals surface area contributed by atoms with Crippen LogP contribution >= 0.6 is 11.8 Å². The summed E-state index contributed by atoms with van der Waals surface area (Å²) in [6, 6.07) is 10.4. The molecule has 0 aliphatic carbocycles. The van der Waals surface area contributed by atoms with Crippen molar-refractivity contribution >= 4 is 17.7 Å². The van der Waals surface area contributed by atoms with E-state index in [-0.39, 0.29) is 11.9 Å². The molecule has 1 aromatic heterocycles. The molecule has 0 aliphatic rings. The zero-order valence-electron chi connectivity index (χ0n) is 14.0. The Kier molecular flexibility index (Phi) is 6.65. The summed E-state index contributed by atoms with van der Waals surface area (Å²) in [7, 11) is 0. The fourth-order valence-electron chi connectivity index (χ4n) is 2.31. The summed E-state index contributed by atoms with van der Waals surface area (Å²) in [5.74, 6) is 1.27. The molecular formula is C17H24N4OS. The van der Waals surface area contributed by atoms with Crippen molar-refractivity contribution in [3.8, 4) is 0 Å². The molecule has 5 nitrogen and oxygen atoms in total. The number of amides is 1. The number of thioether (sulfide) groups is 1. The average molecular weight is 332 g/mol. The van der Waals surface area contributed by atoms with Gasteiger partial charge < -0.3 is 9.88 Å². The van der Waals surface area contributed by atoms with E-state index in [2.05, 4.69) is 41.5 Å². The van der Waals surface area contributed by atoms with E-state index in [9.17, 15) is 4.79 Å². The van der Waals surface area contributed by atoms with Crippen molar-refractivity contribution in [1.29, 1.82) is 0 Å². The summed E-state index contributed by atoms with van der Waals surface area (Å²) in [5.41, 5.74) is 1.19. The van der Waals surface area contributed by atoms with Crippen LogP contribution in [0.3, 0.4) is 0 Å². The molecule has 1 aromatic carbocycles. The summed E-state index contributed by atoms with van der Waals surface area (Å²) in [5, 5.41) is 12.2. The molecule has 0 bridgehead atoms. The van der Waals surface area contributed by atoms with Crippen LogP contribution in [0, 0.1) is 6.92 Å². The standard InChI is InChI=1S/C17H24N4OS/c1-4-15(5-2)18-16(22)12-23-17-20-19-13(3)21(17)11-14-9-7-6-8-10-14/h6-10,15H,4-5,11-12H2,1-3H3,(H,18,22). The van der Waals surface area contributed by atoms with Gasteiger partial charge in [-0.15, -0.1) is 10.2 Å². The topological polar surface area (TPSA) is 59.8 Å². The lowest BCUT2D eigenvalue weighted by Gasteiger charge is -2.14. The Morgan fingerprint density at radius 1 is 1.22 bits per heavy atom. The first-order valence-electron chi connectivity index (χ1n) is 7.99. The van der Waals surface area contributed by atoms with Crippen LogP contribution in [0.15, 0.2) is 35.5 Å². The second-order valence-electron chi connectivity index (χ2n) is 5.47. The third-order valence-electron chi connectivity index (χ3n) is 3.77. The average Bonchev–Trinajstić information content (AvgIpc) is 2.92. The molecule has 6 heteroatoms. The minimum Gasteiger partial charge on any atom is -0.353 e. The fraction of sp³-hybridized carbons (Fsp3) is 0.471. The van der Waals surface area contributed by atoms with E-state index in [0.29, 0.717) is 5.75 Å².